The molecule has 0 saturated carbocycles. The summed E-state index contributed by atoms with van der Waals surface area (Å²) in [5, 5.41) is 12.5. The third-order valence-corrected chi connectivity index (χ3v) is 10.2. The molecule has 11 heteroatoms. The Kier molecular flexibility index (Phi) is 9.23. The number of nitrogens with zero attached hydrogens (tertiary/aromatic N) is 3. The molecular weight excluding hydrogens is 518 g/mol. The molecule has 0 bridgehead atoms. The summed E-state index contributed by atoms with van der Waals surface area (Å²) in [6, 6.07) is 8.14. The van der Waals surface area contributed by atoms with E-state index in [1.54, 1.807) is 39.0 Å². The summed E-state index contributed by atoms with van der Waals surface area (Å²) >= 11 is 0. The lowest BCUT2D eigenvalue weighted by molar-refractivity contribution is 0.0804. The number of ether oxygens (including phenoxy) is 1. The van der Waals surface area contributed by atoms with Gasteiger partial charge in [0.25, 0.3) is 5.91 Å². The molecule has 0 radical (unpaired) electrons. The van der Waals surface area contributed by atoms with Crippen molar-refractivity contribution in [3.8, 4) is 6.07 Å². The third kappa shape index (κ3) is 7.55. The molecule has 38 heavy (non-hydrogen) atoms. The van der Waals surface area contributed by atoms with E-state index in [4.69, 9.17) is 4.74 Å². The van der Waals surface area contributed by atoms with E-state index in [-0.39, 0.29) is 18.2 Å². The fourth-order valence-electron chi connectivity index (χ4n) is 3.86. The Labute approximate surface area is 227 Å². The molecule has 1 aliphatic rings. The number of rotatable bonds is 10. The van der Waals surface area contributed by atoms with Crippen LogP contribution in [0.3, 0.4) is 0 Å². The predicted octanol–water partition coefficient (Wildman–Crippen LogP) is 5.82. The molecule has 0 aliphatic heterocycles. The first-order chi connectivity index (χ1) is 17.7. The molecule has 2 aromatic rings. The van der Waals surface area contributed by atoms with Crippen LogP contribution in [0.5, 0.6) is 0 Å². The van der Waals surface area contributed by atoms with Crippen molar-refractivity contribution in [1.29, 1.82) is 5.26 Å². The quantitative estimate of drug-likeness (QED) is 0.280. The van der Waals surface area contributed by atoms with Crippen LogP contribution in [-0.2, 0) is 21.5 Å². The number of amides is 1. The van der Waals surface area contributed by atoms with Crippen LogP contribution in [-0.4, -0.2) is 43.3 Å². The van der Waals surface area contributed by atoms with Crippen molar-refractivity contribution in [3.63, 3.8) is 0 Å². The van der Waals surface area contributed by atoms with Gasteiger partial charge in [0.05, 0.1) is 10.9 Å². The molecule has 1 aliphatic carbocycles. The van der Waals surface area contributed by atoms with Gasteiger partial charge in [-0.3, -0.25) is 14.1 Å². The van der Waals surface area contributed by atoms with Crippen LogP contribution in [0.1, 0.15) is 68.3 Å². The topological polar surface area (TPSA) is 126 Å². The number of nitrogens with one attached hydrogen (secondary N) is 2. The van der Waals surface area contributed by atoms with E-state index < -0.39 is 28.8 Å². The Morgan fingerprint density at radius 3 is 2.58 bits per heavy atom. The zero-order chi connectivity index (χ0) is 28.1. The second kappa shape index (κ2) is 11.8. The van der Waals surface area contributed by atoms with E-state index in [1.165, 1.54) is 10.8 Å². The van der Waals surface area contributed by atoms with E-state index in [0.29, 0.717) is 18.0 Å². The summed E-state index contributed by atoms with van der Waals surface area (Å²) < 4.78 is 34.5. The highest BCUT2D eigenvalue weighted by Crippen LogP contribution is 2.34. The number of imidazole rings is 1. The first kappa shape index (κ1) is 29.6. The van der Waals surface area contributed by atoms with Gasteiger partial charge in [-0.15, -0.1) is 0 Å². The first-order valence-electron chi connectivity index (χ1n) is 12.9. The average molecular weight is 558 g/mol. The number of benzene rings is 1. The fraction of sp³-hybridized carbons (Fsp3) is 0.519. The molecule has 2 N–H and O–H groups in total. The van der Waals surface area contributed by atoms with Crippen molar-refractivity contribution in [3.05, 3.63) is 47.6 Å². The zero-order valence-corrected chi connectivity index (χ0v) is 25.0. The number of nitriles is 1. The largest absolute Gasteiger partial charge is 0.361 e. The number of sulfonamides is 1. The van der Waals surface area contributed by atoms with Crippen molar-refractivity contribution >= 4 is 41.0 Å². The van der Waals surface area contributed by atoms with Gasteiger partial charge >= 0.3 is 0 Å². The first-order valence-corrected chi connectivity index (χ1v) is 18.1. The monoisotopic (exact) mass is 557 g/mol. The highest BCUT2D eigenvalue weighted by Gasteiger charge is 2.29. The van der Waals surface area contributed by atoms with Crippen LogP contribution in [0.4, 0.5) is 11.4 Å². The number of hydrogen-bond acceptors (Lipinski definition) is 6. The Hall–Kier alpha value is -2.94. The lowest BCUT2D eigenvalue weighted by Gasteiger charge is -2.22. The molecule has 0 spiro atoms. The van der Waals surface area contributed by atoms with Crippen molar-refractivity contribution < 1.29 is 17.9 Å². The molecule has 0 atom stereocenters. The standard InChI is InChI=1S/C27H39N5O4SSi/c1-27(2,3)37(34,35)31-21-12-13-24(23(16-21)20-10-8-7-9-11-20)30-26(33)25-29-18-22(17-28)32(25)19-36-14-15-38(4,5)6/h10,12-13,16,18,31H,7-9,11,14-15,19H2,1-6H3,(H,30,33). The smallest absolute Gasteiger partial charge is 0.291 e. The normalized spacial score (nSPS) is 14.5. The fourth-order valence-corrected chi connectivity index (χ4v) is 5.36. The SMILES string of the molecule is CC(C)(C)S(=O)(=O)Nc1ccc(NC(=O)c2ncc(C#N)n2COCC[Si](C)(C)C)c(C2=CCCCC2)c1. The molecule has 0 saturated heterocycles. The van der Waals surface area contributed by atoms with Gasteiger partial charge in [0.15, 0.2) is 0 Å². The summed E-state index contributed by atoms with van der Waals surface area (Å²) in [4.78, 5) is 17.5. The van der Waals surface area contributed by atoms with Crippen molar-refractivity contribution in [2.75, 3.05) is 16.6 Å². The van der Waals surface area contributed by atoms with Crippen LogP contribution in [0.25, 0.3) is 5.57 Å². The van der Waals surface area contributed by atoms with Crippen LogP contribution in [0, 0.1) is 11.3 Å². The highest BCUT2D eigenvalue weighted by atomic mass is 32.2. The van der Waals surface area contributed by atoms with E-state index in [9.17, 15) is 18.5 Å². The molecule has 1 amide bonds. The van der Waals surface area contributed by atoms with E-state index in [2.05, 4.69) is 46.8 Å². The Balaban J connectivity index is 1.89. The van der Waals surface area contributed by atoms with Crippen LogP contribution < -0.4 is 10.0 Å². The minimum Gasteiger partial charge on any atom is -0.361 e. The van der Waals surface area contributed by atoms with E-state index >= 15 is 0 Å². The van der Waals surface area contributed by atoms with Gasteiger partial charge in [0.1, 0.15) is 18.5 Å². The lowest BCUT2D eigenvalue weighted by atomic mass is 9.92. The summed E-state index contributed by atoms with van der Waals surface area (Å²) in [5.41, 5.74) is 3.04. The van der Waals surface area contributed by atoms with Gasteiger partial charge < -0.3 is 10.1 Å². The van der Waals surface area contributed by atoms with Crippen molar-refractivity contribution in [2.24, 2.45) is 0 Å². The molecule has 0 fully saturated rings. The average Bonchev–Trinajstić information content (AvgIpc) is 3.25. The number of anilines is 2. The molecule has 1 aromatic heterocycles. The highest BCUT2D eigenvalue weighted by molar-refractivity contribution is 7.94. The molecule has 0 unspecified atom stereocenters. The van der Waals surface area contributed by atoms with Gasteiger partial charge in [-0.25, -0.2) is 13.4 Å². The summed E-state index contributed by atoms with van der Waals surface area (Å²) in [7, 11) is -4.90. The van der Waals surface area contributed by atoms with Crippen molar-refractivity contribution in [1.82, 2.24) is 9.55 Å². The maximum absolute atomic E-state index is 13.4. The van der Waals surface area contributed by atoms with E-state index in [1.807, 2.05) is 0 Å². The van der Waals surface area contributed by atoms with Gasteiger partial charge in [-0.2, -0.15) is 5.26 Å². The molecule has 1 aromatic carbocycles. The van der Waals surface area contributed by atoms with Crippen LogP contribution in [0.2, 0.25) is 25.7 Å². The van der Waals surface area contributed by atoms with Crippen LogP contribution >= 0.6 is 0 Å². The van der Waals surface area contributed by atoms with Gasteiger partial charge in [0.2, 0.25) is 15.8 Å². The van der Waals surface area contributed by atoms with Gasteiger partial charge in [-0.05, 0) is 76.3 Å². The number of carbonyl (C=O) groups excluding carboxylic acids is 1. The molecule has 206 valence electrons. The minimum absolute atomic E-state index is 0.0572. The van der Waals surface area contributed by atoms with Crippen molar-refractivity contribution in [2.45, 2.75) is 83.6 Å². The summed E-state index contributed by atoms with van der Waals surface area (Å²) in [6.07, 6.45) is 7.36. The zero-order valence-electron chi connectivity index (χ0n) is 23.2. The predicted molar refractivity (Wildman–Crippen MR) is 154 cm³/mol. The molecular formula is C27H39N5O4SSi. The number of aromatic nitrogens is 2. The number of allylic oxidation sites excluding steroid dienone is 2. The Morgan fingerprint density at radius 2 is 1.97 bits per heavy atom. The summed E-state index contributed by atoms with van der Waals surface area (Å²) in [5.74, 6) is -0.392. The number of hydrogen-bond donors (Lipinski definition) is 2. The van der Waals surface area contributed by atoms with Gasteiger partial charge in [0, 0.05) is 31.6 Å². The third-order valence-electron chi connectivity index (χ3n) is 6.35. The van der Waals surface area contributed by atoms with Gasteiger partial charge in [-0.1, -0.05) is 25.7 Å². The number of carbonyl (C=O) groups is 1. The second-order valence-corrected chi connectivity index (χ2v) is 19.8. The molecule has 9 nitrogen and oxygen atoms in total. The van der Waals surface area contributed by atoms with E-state index in [0.717, 1.165) is 42.9 Å². The minimum atomic E-state index is -3.62. The Morgan fingerprint density at radius 1 is 1.24 bits per heavy atom. The second-order valence-electron chi connectivity index (χ2n) is 11.8. The maximum atomic E-state index is 13.4. The Bertz CT molecular complexity index is 1340. The lowest BCUT2D eigenvalue weighted by Crippen LogP contribution is -2.33. The molecule has 3 rings (SSSR count). The molecule has 1 heterocycles. The maximum Gasteiger partial charge on any atom is 0.291 e. The summed E-state index contributed by atoms with van der Waals surface area (Å²) in [6.45, 7) is 12.3. The van der Waals surface area contributed by atoms with Crippen LogP contribution in [0.15, 0.2) is 30.5 Å².